The number of ether oxygens (including phenoxy) is 1. The average molecular weight is 248 g/mol. The molecule has 0 aliphatic heterocycles. The quantitative estimate of drug-likeness (QED) is 0.905. The minimum absolute atomic E-state index is 0.487. The van der Waals surface area contributed by atoms with Gasteiger partial charge >= 0.3 is 0 Å². The van der Waals surface area contributed by atoms with Crippen molar-refractivity contribution in [3.8, 4) is 16.2 Å². The fourth-order valence-electron chi connectivity index (χ4n) is 1.70. The van der Waals surface area contributed by atoms with Gasteiger partial charge in [-0.1, -0.05) is 13.0 Å². The molecule has 0 unspecified atom stereocenters. The first-order valence-corrected chi connectivity index (χ1v) is 6.42. The van der Waals surface area contributed by atoms with E-state index in [1.54, 1.807) is 18.4 Å². The van der Waals surface area contributed by atoms with Crippen LogP contribution in [0.15, 0.2) is 24.4 Å². The minimum atomic E-state index is 0.487. The number of methoxy groups -OCH3 is 1. The summed E-state index contributed by atoms with van der Waals surface area (Å²) in [6.07, 6.45) is 2.88. The van der Waals surface area contributed by atoms with Crippen molar-refractivity contribution >= 4 is 11.3 Å². The van der Waals surface area contributed by atoms with Gasteiger partial charge in [0.15, 0.2) is 0 Å². The third-order valence-electron chi connectivity index (χ3n) is 2.67. The van der Waals surface area contributed by atoms with E-state index >= 15 is 0 Å². The molecule has 0 saturated heterocycles. The van der Waals surface area contributed by atoms with Gasteiger partial charge in [0, 0.05) is 18.3 Å². The van der Waals surface area contributed by atoms with Crippen LogP contribution < -0.4 is 10.5 Å². The maximum atomic E-state index is 5.58. The molecule has 1 aromatic heterocycles. The summed E-state index contributed by atoms with van der Waals surface area (Å²) in [5.41, 5.74) is 7.98. The van der Waals surface area contributed by atoms with Crippen molar-refractivity contribution in [3.05, 3.63) is 35.0 Å². The SMILES string of the molecule is CCc1ccc(OC)c(-c2cnc(CN)s2)c1. The van der Waals surface area contributed by atoms with E-state index in [1.165, 1.54) is 5.56 Å². The topological polar surface area (TPSA) is 48.1 Å². The lowest BCUT2D eigenvalue weighted by Crippen LogP contribution is -1.93. The van der Waals surface area contributed by atoms with Crippen LogP contribution in [0, 0.1) is 0 Å². The number of aromatic nitrogens is 1. The second kappa shape index (κ2) is 5.29. The van der Waals surface area contributed by atoms with Gasteiger partial charge in [-0.25, -0.2) is 4.98 Å². The van der Waals surface area contributed by atoms with E-state index in [2.05, 4.69) is 24.0 Å². The summed E-state index contributed by atoms with van der Waals surface area (Å²) in [6, 6.07) is 6.26. The van der Waals surface area contributed by atoms with E-state index in [0.29, 0.717) is 6.54 Å². The van der Waals surface area contributed by atoms with Gasteiger partial charge in [0.2, 0.25) is 0 Å². The first-order chi connectivity index (χ1) is 8.28. The lowest BCUT2D eigenvalue weighted by molar-refractivity contribution is 0.416. The molecule has 0 saturated carbocycles. The number of nitrogens with zero attached hydrogens (tertiary/aromatic N) is 1. The van der Waals surface area contributed by atoms with Crippen molar-refractivity contribution in [3.63, 3.8) is 0 Å². The number of thiazole rings is 1. The van der Waals surface area contributed by atoms with Crippen LogP contribution in [-0.2, 0) is 13.0 Å². The largest absolute Gasteiger partial charge is 0.496 e. The molecule has 0 radical (unpaired) electrons. The highest BCUT2D eigenvalue weighted by molar-refractivity contribution is 7.15. The van der Waals surface area contributed by atoms with Crippen molar-refractivity contribution in [2.75, 3.05) is 7.11 Å². The van der Waals surface area contributed by atoms with E-state index in [-0.39, 0.29) is 0 Å². The maximum absolute atomic E-state index is 5.58. The summed E-state index contributed by atoms with van der Waals surface area (Å²) >= 11 is 1.62. The molecule has 1 heterocycles. The van der Waals surface area contributed by atoms with Crippen LogP contribution in [-0.4, -0.2) is 12.1 Å². The second-order valence-corrected chi connectivity index (χ2v) is 4.83. The van der Waals surface area contributed by atoms with Crippen molar-refractivity contribution in [1.29, 1.82) is 0 Å². The van der Waals surface area contributed by atoms with Crippen LogP contribution in [0.25, 0.3) is 10.4 Å². The number of aryl methyl sites for hydroxylation is 1. The Morgan fingerprint density at radius 2 is 2.24 bits per heavy atom. The van der Waals surface area contributed by atoms with Crippen LogP contribution in [0.1, 0.15) is 17.5 Å². The number of nitrogens with two attached hydrogens (primary N) is 1. The molecule has 4 heteroatoms. The fraction of sp³-hybridized carbons (Fsp3) is 0.308. The Morgan fingerprint density at radius 3 is 2.82 bits per heavy atom. The van der Waals surface area contributed by atoms with Gasteiger partial charge in [-0.3, -0.25) is 0 Å². The van der Waals surface area contributed by atoms with Gasteiger partial charge in [-0.05, 0) is 24.1 Å². The monoisotopic (exact) mass is 248 g/mol. The highest BCUT2D eigenvalue weighted by atomic mass is 32.1. The molecule has 2 aromatic rings. The summed E-state index contributed by atoms with van der Waals surface area (Å²) in [5.74, 6) is 0.884. The van der Waals surface area contributed by atoms with Crippen molar-refractivity contribution < 1.29 is 4.74 Å². The molecule has 0 amide bonds. The molecule has 2 rings (SSSR count). The molecular weight excluding hydrogens is 232 g/mol. The molecule has 3 nitrogen and oxygen atoms in total. The summed E-state index contributed by atoms with van der Waals surface area (Å²) in [5, 5.41) is 0.948. The zero-order valence-electron chi connectivity index (χ0n) is 10.1. The molecule has 2 N–H and O–H groups in total. The molecule has 0 aliphatic carbocycles. The van der Waals surface area contributed by atoms with Crippen LogP contribution in [0.3, 0.4) is 0 Å². The summed E-state index contributed by atoms with van der Waals surface area (Å²) in [4.78, 5) is 5.39. The van der Waals surface area contributed by atoms with Gasteiger partial charge in [0.1, 0.15) is 10.8 Å². The lowest BCUT2D eigenvalue weighted by atomic mass is 10.1. The first-order valence-electron chi connectivity index (χ1n) is 5.60. The molecule has 0 spiro atoms. The number of benzene rings is 1. The lowest BCUT2D eigenvalue weighted by Gasteiger charge is -2.08. The Balaban J connectivity index is 2.47. The molecule has 90 valence electrons. The zero-order valence-corrected chi connectivity index (χ0v) is 10.9. The zero-order chi connectivity index (χ0) is 12.3. The smallest absolute Gasteiger partial charge is 0.127 e. The van der Waals surface area contributed by atoms with Gasteiger partial charge in [0.05, 0.1) is 12.0 Å². The van der Waals surface area contributed by atoms with Crippen molar-refractivity contribution in [2.24, 2.45) is 5.73 Å². The summed E-state index contributed by atoms with van der Waals surface area (Å²) in [6.45, 7) is 2.63. The number of hydrogen-bond donors (Lipinski definition) is 1. The number of hydrogen-bond acceptors (Lipinski definition) is 4. The summed E-state index contributed by atoms with van der Waals surface area (Å²) in [7, 11) is 1.69. The Bertz CT molecular complexity index is 508. The van der Waals surface area contributed by atoms with Crippen molar-refractivity contribution in [2.45, 2.75) is 19.9 Å². The van der Waals surface area contributed by atoms with Crippen LogP contribution >= 0.6 is 11.3 Å². The number of rotatable bonds is 4. The fourth-order valence-corrected chi connectivity index (χ4v) is 2.51. The molecule has 0 bridgehead atoms. The molecular formula is C13H16N2OS. The molecule has 17 heavy (non-hydrogen) atoms. The van der Waals surface area contributed by atoms with E-state index in [9.17, 15) is 0 Å². The molecule has 0 aliphatic rings. The Morgan fingerprint density at radius 1 is 1.41 bits per heavy atom. The van der Waals surface area contributed by atoms with Gasteiger partial charge in [-0.2, -0.15) is 0 Å². The van der Waals surface area contributed by atoms with Crippen LogP contribution in [0.2, 0.25) is 0 Å². The molecule has 0 fully saturated rings. The van der Waals surface area contributed by atoms with Gasteiger partial charge in [-0.15, -0.1) is 11.3 Å². The summed E-state index contributed by atoms with van der Waals surface area (Å²) < 4.78 is 5.39. The Labute approximate surface area is 105 Å². The predicted molar refractivity (Wildman–Crippen MR) is 71.4 cm³/mol. The third kappa shape index (κ3) is 2.48. The van der Waals surface area contributed by atoms with Crippen LogP contribution in [0.4, 0.5) is 0 Å². The second-order valence-electron chi connectivity index (χ2n) is 3.71. The maximum Gasteiger partial charge on any atom is 0.127 e. The van der Waals surface area contributed by atoms with E-state index in [4.69, 9.17) is 10.5 Å². The first kappa shape index (κ1) is 12.1. The van der Waals surface area contributed by atoms with Crippen LogP contribution in [0.5, 0.6) is 5.75 Å². The van der Waals surface area contributed by atoms with Gasteiger partial charge < -0.3 is 10.5 Å². The normalized spacial score (nSPS) is 10.5. The Hall–Kier alpha value is -1.39. The highest BCUT2D eigenvalue weighted by Crippen LogP contribution is 2.34. The van der Waals surface area contributed by atoms with Crippen molar-refractivity contribution in [1.82, 2.24) is 4.98 Å². The molecule has 0 atom stereocenters. The standard InChI is InChI=1S/C13H16N2OS/c1-3-9-4-5-11(16-2)10(6-9)12-8-15-13(7-14)17-12/h4-6,8H,3,7,14H2,1-2H3. The minimum Gasteiger partial charge on any atom is -0.496 e. The third-order valence-corrected chi connectivity index (χ3v) is 3.72. The average Bonchev–Trinajstić information content (AvgIpc) is 2.86. The Kier molecular flexibility index (Phi) is 3.76. The predicted octanol–water partition coefficient (Wildman–Crippen LogP) is 2.84. The van der Waals surface area contributed by atoms with E-state index in [1.807, 2.05) is 12.3 Å². The van der Waals surface area contributed by atoms with Gasteiger partial charge in [0.25, 0.3) is 0 Å². The highest BCUT2D eigenvalue weighted by Gasteiger charge is 2.10. The van der Waals surface area contributed by atoms with E-state index in [0.717, 1.165) is 27.6 Å². The molecule has 1 aromatic carbocycles. The van der Waals surface area contributed by atoms with E-state index < -0.39 is 0 Å².